The lowest BCUT2D eigenvalue weighted by Gasteiger charge is -2.10. The molecule has 3 rings (SSSR count). The van der Waals surface area contributed by atoms with Crippen molar-refractivity contribution in [2.45, 2.75) is 30.7 Å². The Bertz CT molecular complexity index is 1020. The standard InChI is InChI=1S/C18H19ClN6O2S2/c1-10-4-5-12(8-13(10)19)21-15(26)9-14-23-24-18(25(14)3)29-11(2)16(27)22-17-20-6-7-28-17/h4-8,11H,9H2,1-3H3,(H,21,26)(H,20,22,27)/t11-/m1/s1. The molecule has 0 saturated heterocycles. The van der Waals surface area contributed by atoms with Crippen molar-refractivity contribution in [1.29, 1.82) is 0 Å². The maximum Gasteiger partial charge on any atom is 0.239 e. The molecule has 0 spiro atoms. The third kappa shape index (κ3) is 5.55. The number of aryl methyl sites for hydroxylation is 1. The first-order valence-corrected chi connectivity index (χ1v) is 10.8. The Balaban J connectivity index is 1.58. The van der Waals surface area contributed by atoms with Crippen molar-refractivity contribution >= 4 is 57.3 Å². The van der Waals surface area contributed by atoms with Crippen LogP contribution >= 0.6 is 34.7 Å². The number of halogens is 1. The molecule has 1 atom stereocenters. The van der Waals surface area contributed by atoms with Gasteiger partial charge < -0.3 is 15.2 Å². The summed E-state index contributed by atoms with van der Waals surface area (Å²) in [5, 5.41) is 16.8. The molecular formula is C18H19ClN6O2S2. The number of carbonyl (C=O) groups excluding carboxylic acids is 2. The van der Waals surface area contributed by atoms with Gasteiger partial charge in [-0.05, 0) is 31.5 Å². The Morgan fingerprint density at radius 3 is 2.79 bits per heavy atom. The number of hydrogen-bond donors (Lipinski definition) is 2. The van der Waals surface area contributed by atoms with Gasteiger partial charge in [0.25, 0.3) is 0 Å². The number of thiazole rings is 1. The van der Waals surface area contributed by atoms with Gasteiger partial charge in [0.05, 0.1) is 11.7 Å². The molecular weight excluding hydrogens is 432 g/mol. The summed E-state index contributed by atoms with van der Waals surface area (Å²) in [7, 11) is 1.76. The molecule has 2 heterocycles. The minimum absolute atomic E-state index is 0.0508. The van der Waals surface area contributed by atoms with E-state index >= 15 is 0 Å². The van der Waals surface area contributed by atoms with Crippen LogP contribution in [0.25, 0.3) is 0 Å². The van der Waals surface area contributed by atoms with Crippen LogP contribution < -0.4 is 10.6 Å². The first-order chi connectivity index (χ1) is 13.8. The van der Waals surface area contributed by atoms with E-state index in [0.717, 1.165) is 5.56 Å². The largest absolute Gasteiger partial charge is 0.326 e. The SMILES string of the molecule is Cc1ccc(NC(=O)Cc2nnc(S[C@H](C)C(=O)Nc3nccs3)n2C)cc1Cl. The van der Waals surface area contributed by atoms with Crippen LogP contribution in [0, 0.1) is 6.92 Å². The Hall–Kier alpha value is -2.43. The Morgan fingerprint density at radius 2 is 2.10 bits per heavy atom. The Labute approximate surface area is 181 Å². The number of rotatable bonds is 7. The second-order valence-electron chi connectivity index (χ2n) is 6.23. The lowest BCUT2D eigenvalue weighted by atomic mass is 10.2. The zero-order valence-corrected chi connectivity index (χ0v) is 18.4. The summed E-state index contributed by atoms with van der Waals surface area (Å²) in [5.74, 6) is 0.0887. The van der Waals surface area contributed by atoms with Crippen LogP contribution in [-0.2, 0) is 23.1 Å². The predicted molar refractivity (Wildman–Crippen MR) is 116 cm³/mol. The van der Waals surface area contributed by atoms with Crippen LogP contribution in [0.2, 0.25) is 5.02 Å². The molecule has 1 aromatic carbocycles. The predicted octanol–water partition coefficient (Wildman–Crippen LogP) is 3.53. The molecule has 2 N–H and O–H groups in total. The smallest absolute Gasteiger partial charge is 0.239 e. The molecule has 0 unspecified atom stereocenters. The lowest BCUT2D eigenvalue weighted by Crippen LogP contribution is -2.22. The second kappa shape index (κ2) is 9.38. The van der Waals surface area contributed by atoms with E-state index in [4.69, 9.17) is 11.6 Å². The zero-order chi connectivity index (χ0) is 21.0. The van der Waals surface area contributed by atoms with Gasteiger partial charge in [0.1, 0.15) is 5.82 Å². The molecule has 0 aliphatic rings. The molecule has 0 fully saturated rings. The highest BCUT2D eigenvalue weighted by molar-refractivity contribution is 8.00. The van der Waals surface area contributed by atoms with Crippen LogP contribution in [-0.4, -0.2) is 36.8 Å². The van der Waals surface area contributed by atoms with Crippen LogP contribution in [0.5, 0.6) is 0 Å². The molecule has 0 bridgehead atoms. The van der Waals surface area contributed by atoms with Crippen molar-refractivity contribution in [3.8, 4) is 0 Å². The fourth-order valence-electron chi connectivity index (χ4n) is 2.32. The molecule has 0 saturated carbocycles. The van der Waals surface area contributed by atoms with Crippen molar-refractivity contribution in [1.82, 2.24) is 19.7 Å². The summed E-state index contributed by atoms with van der Waals surface area (Å²) < 4.78 is 1.71. The number of anilines is 2. The van der Waals surface area contributed by atoms with Crippen LogP contribution in [0.1, 0.15) is 18.3 Å². The van der Waals surface area contributed by atoms with Crippen LogP contribution in [0.3, 0.4) is 0 Å². The number of aromatic nitrogens is 4. The minimum atomic E-state index is -0.404. The van der Waals surface area contributed by atoms with Gasteiger partial charge in [0.2, 0.25) is 11.8 Å². The highest BCUT2D eigenvalue weighted by Crippen LogP contribution is 2.24. The maximum atomic E-state index is 12.3. The van der Waals surface area contributed by atoms with E-state index in [1.807, 2.05) is 13.0 Å². The molecule has 8 nitrogen and oxygen atoms in total. The normalized spacial score (nSPS) is 11.9. The molecule has 152 valence electrons. The fourth-order valence-corrected chi connectivity index (χ4v) is 3.87. The maximum absolute atomic E-state index is 12.3. The topological polar surface area (TPSA) is 102 Å². The summed E-state index contributed by atoms with van der Waals surface area (Å²) in [6, 6.07) is 5.34. The van der Waals surface area contributed by atoms with Crippen LogP contribution in [0.15, 0.2) is 34.9 Å². The fraction of sp³-hybridized carbons (Fsp3) is 0.278. The zero-order valence-electron chi connectivity index (χ0n) is 16.0. The van der Waals surface area contributed by atoms with Gasteiger partial charge in [-0.15, -0.1) is 21.5 Å². The second-order valence-corrected chi connectivity index (χ2v) is 8.84. The van der Waals surface area contributed by atoms with E-state index in [2.05, 4.69) is 25.8 Å². The average molecular weight is 451 g/mol. The third-order valence-electron chi connectivity index (χ3n) is 4.01. The van der Waals surface area contributed by atoms with E-state index in [9.17, 15) is 9.59 Å². The average Bonchev–Trinajstić information content (AvgIpc) is 3.30. The van der Waals surface area contributed by atoms with E-state index in [1.54, 1.807) is 42.2 Å². The van der Waals surface area contributed by atoms with E-state index in [-0.39, 0.29) is 18.2 Å². The van der Waals surface area contributed by atoms with Gasteiger partial charge in [-0.2, -0.15) is 0 Å². The van der Waals surface area contributed by atoms with Crippen molar-refractivity contribution in [2.75, 3.05) is 10.6 Å². The van der Waals surface area contributed by atoms with E-state index < -0.39 is 5.25 Å². The number of amides is 2. The van der Waals surface area contributed by atoms with Crippen molar-refractivity contribution in [2.24, 2.45) is 7.05 Å². The molecule has 0 aliphatic heterocycles. The quantitative estimate of drug-likeness (QED) is 0.534. The van der Waals surface area contributed by atoms with Crippen molar-refractivity contribution in [3.63, 3.8) is 0 Å². The number of hydrogen-bond acceptors (Lipinski definition) is 7. The highest BCUT2D eigenvalue weighted by Gasteiger charge is 2.20. The van der Waals surface area contributed by atoms with E-state index in [1.165, 1.54) is 23.1 Å². The van der Waals surface area contributed by atoms with Gasteiger partial charge >= 0.3 is 0 Å². The molecule has 11 heteroatoms. The van der Waals surface area contributed by atoms with Crippen molar-refractivity contribution in [3.05, 3.63) is 46.2 Å². The third-order valence-corrected chi connectivity index (χ3v) is 6.24. The summed E-state index contributed by atoms with van der Waals surface area (Å²) in [6.07, 6.45) is 1.68. The number of thioether (sulfide) groups is 1. The molecule has 0 aliphatic carbocycles. The van der Waals surface area contributed by atoms with E-state index in [0.29, 0.717) is 26.8 Å². The number of nitrogens with zero attached hydrogens (tertiary/aromatic N) is 4. The molecule has 2 amide bonds. The minimum Gasteiger partial charge on any atom is -0.326 e. The van der Waals surface area contributed by atoms with Crippen molar-refractivity contribution < 1.29 is 9.59 Å². The number of nitrogens with one attached hydrogen (secondary N) is 2. The van der Waals surface area contributed by atoms with Crippen LogP contribution in [0.4, 0.5) is 10.8 Å². The monoisotopic (exact) mass is 450 g/mol. The summed E-state index contributed by atoms with van der Waals surface area (Å²) in [4.78, 5) is 28.6. The number of benzene rings is 1. The first-order valence-electron chi connectivity index (χ1n) is 8.64. The summed E-state index contributed by atoms with van der Waals surface area (Å²) in [5.41, 5.74) is 1.56. The highest BCUT2D eigenvalue weighted by atomic mass is 35.5. The first kappa shape index (κ1) is 21.3. The molecule has 3 aromatic rings. The molecule has 0 radical (unpaired) electrons. The summed E-state index contributed by atoms with van der Waals surface area (Å²) >= 11 is 8.70. The molecule has 2 aromatic heterocycles. The van der Waals surface area contributed by atoms with Gasteiger partial charge in [0, 0.05) is 29.3 Å². The van der Waals surface area contributed by atoms with Gasteiger partial charge in [-0.3, -0.25) is 9.59 Å². The Kier molecular flexibility index (Phi) is 6.88. The summed E-state index contributed by atoms with van der Waals surface area (Å²) in [6.45, 7) is 3.67. The van der Waals surface area contributed by atoms with Gasteiger partial charge in [-0.1, -0.05) is 29.4 Å². The lowest BCUT2D eigenvalue weighted by molar-refractivity contribution is -0.116. The molecule has 29 heavy (non-hydrogen) atoms. The van der Waals surface area contributed by atoms with Gasteiger partial charge in [-0.25, -0.2) is 4.98 Å². The number of carbonyl (C=O) groups is 2. The van der Waals surface area contributed by atoms with Gasteiger partial charge in [0.15, 0.2) is 10.3 Å². The Morgan fingerprint density at radius 1 is 1.31 bits per heavy atom.